The Hall–Kier alpha value is -1.35. The van der Waals surface area contributed by atoms with E-state index in [9.17, 15) is 5.11 Å². The van der Waals surface area contributed by atoms with Crippen LogP contribution >= 0.6 is 0 Å². The molecule has 76 valence electrons. The maximum atomic E-state index is 9.39. The van der Waals surface area contributed by atoms with Crippen LogP contribution in [-0.2, 0) is 4.74 Å². The summed E-state index contributed by atoms with van der Waals surface area (Å²) in [5.41, 5.74) is 0.740. The van der Waals surface area contributed by atoms with Crippen LogP contribution in [0.4, 0.5) is 0 Å². The first-order valence-electron chi connectivity index (χ1n) is 4.70. The molecule has 0 aromatic heterocycles. The second kappa shape index (κ2) is 6.16. The van der Waals surface area contributed by atoms with E-state index in [1.54, 1.807) is 18.3 Å². The monoisotopic (exact) mass is 193 g/mol. The summed E-state index contributed by atoms with van der Waals surface area (Å²) in [6, 6.07) is 7.11. The van der Waals surface area contributed by atoms with E-state index in [0.29, 0.717) is 19.8 Å². The smallest absolute Gasteiger partial charge is 0.124 e. The molecule has 0 saturated heterocycles. The predicted octanol–water partition coefficient (Wildman–Crippen LogP) is 1.85. The average Bonchev–Trinajstić information content (AvgIpc) is 2.20. The summed E-state index contributed by atoms with van der Waals surface area (Å²) in [6.07, 6.45) is 1.66. The number of ether oxygens (including phenoxy) is 1. The minimum Gasteiger partial charge on any atom is -0.507 e. The van der Waals surface area contributed by atoms with Crippen molar-refractivity contribution in [2.45, 2.75) is 6.92 Å². The molecule has 1 aromatic carbocycles. The van der Waals surface area contributed by atoms with Crippen molar-refractivity contribution in [2.24, 2.45) is 4.99 Å². The Morgan fingerprint density at radius 3 is 2.93 bits per heavy atom. The number of nitrogens with zero attached hydrogens (tertiary/aromatic N) is 1. The molecule has 0 spiro atoms. The molecule has 14 heavy (non-hydrogen) atoms. The van der Waals surface area contributed by atoms with Crippen molar-refractivity contribution in [2.75, 3.05) is 19.8 Å². The lowest BCUT2D eigenvalue weighted by Gasteiger charge is -1.97. The Morgan fingerprint density at radius 2 is 2.21 bits per heavy atom. The van der Waals surface area contributed by atoms with E-state index < -0.39 is 0 Å². The number of hydrogen-bond donors (Lipinski definition) is 1. The number of phenols is 1. The summed E-state index contributed by atoms with van der Waals surface area (Å²) in [4.78, 5) is 4.13. The van der Waals surface area contributed by atoms with Gasteiger partial charge < -0.3 is 9.84 Å². The highest BCUT2D eigenvalue weighted by Gasteiger charge is 1.93. The van der Waals surface area contributed by atoms with Gasteiger partial charge in [0.1, 0.15) is 5.75 Å². The molecular weight excluding hydrogens is 178 g/mol. The van der Waals surface area contributed by atoms with Crippen LogP contribution in [0, 0.1) is 0 Å². The molecule has 0 aliphatic carbocycles. The number of phenolic OH excluding ortho intramolecular Hbond substituents is 1. The predicted molar refractivity (Wildman–Crippen MR) is 57.1 cm³/mol. The first kappa shape index (κ1) is 10.7. The molecule has 0 atom stereocenters. The van der Waals surface area contributed by atoms with Gasteiger partial charge in [-0.3, -0.25) is 4.99 Å². The van der Waals surface area contributed by atoms with E-state index in [1.165, 1.54) is 0 Å². The Kier molecular flexibility index (Phi) is 4.72. The third-order valence-electron chi connectivity index (χ3n) is 1.74. The summed E-state index contributed by atoms with van der Waals surface area (Å²) in [7, 11) is 0. The van der Waals surface area contributed by atoms with E-state index in [-0.39, 0.29) is 5.75 Å². The van der Waals surface area contributed by atoms with Gasteiger partial charge in [0.2, 0.25) is 0 Å². The number of aromatic hydroxyl groups is 1. The molecule has 0 saturated carbocycles. The third kappa shape index (κ3) is 3.58. The number of hydrogen-bond acceptors (Lipinski definition) is 3. The van der Waals surface area contributed by atoms with Crippen molar-refractivity contribution in [1.29, 1.82) is 0 Å². The molecule has 1 rings (SSSR count). The largest absolute Gasteiger partial charge is 0.507 e. The highest BCUT2D eigenvalue weighted by molar-refractivity contribution is 5.83. The van der Waals surface area contributed by atoms with Crippen LogP contribution in [0.5, 0.6) is 5.75 Å². The maximum Gasteiger partial charge on any atom is 0.124 e. The van der Waals surface area contributed by atoms with Crippen molar-refractivity contribution in [3.63, 3.8) is 0 Å². The molecule has 0 aliphatic heterocycles. The topological polar surface area (TPSA) is 41.8 Å². The van der Waals surface area contributed by atoms with Crippen LogP contribution in [0.2, 0.25) is 0 Å². The SMILES string of the molecule is CCOCCN=Cc1ccccc1O. The summed E-state index contributed by atoms with van der Waals surface area (Å²) in [5.74, 6) is 0.257. The van der Waals surface area contributed by atoms with E-state index in [4.69, 9.17) is 4.74 Å². The van der Waals surface area contributed by atoms with Crippen LogP contribution in [0.1, 0.15) is 12.5 Å². The molecule has 0 fully saturated rings. The molecular formula is C11H15NO2. The Balaban J connectivity index is 2.40. The highest BCUT2D eigenvalue weighted by Crippen LogP contribution is 2.12. The van der Waals surface area contributed by atoms with E-state index >= 15 is 0 Å². The fourth-order valence-corrected chi connectivity index (χ4v) is 1.02. The molecule has 3 heteroatoms. The zero-order chi connectivity index (χ0) is 10.2. The minimum absolute atomic E-state index is 0.257. The Bertz CT molecular complexity index is 297. The van der Waals surface area contributed by atoms with Gasteiger partial charge in [0.05, 0.1) is 13.2 Å². The van der Waals surface area contributed by atoms with Gasteiger partial charge in [-0.15, -0.1) is 0 Å². The molecule has 3 nitrogen and oxygen atoms in total. The second-order valence-electron chi connectivity index (χ2n) is 2.79. The molecule has 0 bridgehead atoms. The molecule has 1 N–H and O–H groups in total. The van der Waals surface area contributed by atoms with Crippen molar-refractivity contribution in [3.05, 3.63) is 29.8 Å². The van der Waals surface area contributed by atoms with Crippen molar-refractivity contribution < 1.29 is 9.84 Å². The second-order valence-corrected chi connectivity index (χ2v) is 2.79. The van der Waals surface area contributed by atoms with E-state index in [2.05, 4.69) is 4.99 Å². The van der Waals surface area contributed by atoms with E-state index in [0.717, 1.165) is 5.56 Å². The first-order valence-corrected chi connectivity index (χ1v) is 4.70. The van der Waals surface area contributed by atoms with E-state index in [1.807, 2.05) is 19.1 Å². The van der Waals surface area contributed by atoms with Crippen LogP contribution in [-0.4, -0.2) is 31.1 Å². The summed E-state index contributed by atoms with van der Waals surface area (Å²) < 4.78 is 5.13. The van der Waals surface area contributed by atoms with Gasteiger partial charge in [0.25, 0.3) is 0 Å². The van der Waals surface area contributed by atoms with Crippen molar-refractivity contribution in [1.82, 2.24) is 0 Å². The molecule has 1 aromatic rings. The van der Waals surface area contributed by atoms with Gasteiger partial charge in [-0.1, -0.05) is 12.1 Å². The fourth-order valence-electron chi connectivity index (χ4n) is 1.02. The summed E-state index contributed by atoms with van der Waals surface area (Å²) in [5, 5.41) is 9.39. The number of benzene rings is 1. The highest BCUT2D eigenvalue weighted by atomic mass is 16.5. The Labute approximate surface area is 84.1 Å². The fraction of sp³-hybridized carbons (Fsp3) is 0.364. The lowest BCUT2D eigenvalue weighted by Crippen LogP contribution is -1.97. The van der Waals surface area contributed by atoms with Gasteiger partial charge in [-0.05, 0) is 19.1 Å². The maximum absolute atomic E-state index is 9.39. The normalized spacial score (nSPS) is 10.9. The van der Waals surface area contributed by atoms with Gasteiger partial charge in [0.15, 0.2) is 0 Å². The van der Waals surface area contributed by atoms with Gasteiger partial charge in [-0.25, -0.2) is 0 Å². The van der Waals surface area contributed by atoms with Gasteiger partial charge >= 0.3 is 0 Å². The summed E-state index contributed by atoms with van der Waals surface area (Å²) >= 11 is 0. The van der Waals surface area contributed by atoms with Crippen LogP contribution < -0.4 is 0 Å². The van der Waals surface area contributed by atoms with Crippen molar-refractivity contribution >= 4 is 6.21 Å². The lowest BCUT2D eigenvalue weighted by molar-refractivity contribution is 0.156. The zero-order valence-electron chi connectivity index (χ0n) is 8.31. The van der Waals surface area contributed by atoms with Crippen LogP contribution in [0.3, 0.4) is 0 Å². The average molecular weight is 193 g/mol. The Morgan fingerprint density at radius 1 is 1.43 bits per heavy atom. The first-order chi connectivity index (χ1) is 6.84. The molecule has 0 amide bonds. The molecule has 0 heterocycles. The van der Waals surface area contributed by atoms with Crippen LogP contribution in [0.15, 0.2) is 29.3 Å². The third-order valence-corrected chi connectivity index (χ3v) is 1.74. The molecule has 0 aliphatic rings. The number of para-hydroxylation sites is 1. The van der Waals surface area contributed by atoms with Crippen molar-refractivity contribution in [3.8, 4) is 5.75 Å². The van der Waals surface area contributed by atoms with Gasteiger partial charge in [0, 0.05) is 18.4 Å². The molecule has 0 radical (unpaired) electrons. The number of rotatable bonds is 5. The molecule has 0 unspecified atom stereocenters. The standard InChI is InChI=1S/C11H15NO2/c1-2-14-8-7-12-9-10-5-3-4-6-11(10)13/h3-6,9,13H,2,7-8H2,1H3. The number of aliphatic imine (C=N–C) groups is 1. The van der Waals surface area contributed by atoms with Gasteiger partial charge in [-0.2, -0.15) is 0 Å². The zero-order valence-corrected chi connectivity index (χ0v) is 8.31. The van der Waals surface area contributed by atoms with Crippen LogP contribution in [0.25, 0.3) is 0 Å². The summed E-state index contributed by atoms with van der Waals surface area (Å²) in [6.45, 7) is 3.92. The quantitative estimate of drug-likeness (QED) is 0.572. The minimum atomic E-state index is 0.257. The lowest BCUT2D eigenvalue weighted by atomic mass is 10.2.